The van der Waals surface area contributed by atoms with Crippen molar-refractivity contribution in [3.05, 3.63) is 41.5 Å². The standard InChI is InChI=1S/C15H15FN2OS/c1-2-9-18-13-11(16)7-4-8-12(13)20-15(18)17-14(19)10-5-3-6-10/h2,4,7-8,10H,1,3,5-6,9H2. The molecule has 0 spiro atoms. The molecule has 0 atom stereocenters. The van der Waals surface area contributed by atoms with Crippen molar-refractivity contribution in [3.8, 4) is 0 Å². The Hall–Kier alpha value is -1.75. The van der Waals surface area contributed by atoms with Crippen LogP contribution in [0.25, 0.3) is 10.2 Å². The lowest BCUT2D eigenvalue weighted by Gasteiger charge is -2.20. The normalized spacial score (nSPS) is 16.4. The number of para-hydroxylation sites is 1. The molecule has 1 amide bonds. The van der Waals surface area contributed by atoms with Gasteiger partial charge in [0.2, 0.25) is 0 Å². The number of amides is 1. The molecule has 104 valence electrons. The van der Waals surface area contributed by atoms with Crippen molar-refractivity contribution < 1.29 is 9.18 Å². The van der Waals surface area contributed by atoms with E-state index < -0.39 is 0 Å². The van der Waals surface area contributed by atoms with Crippen LogP contribution >= 0.6 is 11.3 Å². The minimum absolute atomic E-state index is 0.0576. The van der Waals surface area contributed by atoms with Crippen LogP contribution < -0.4 is 4.80 Å². The van der Waals surface area contributed by atoms with Crippen LogP contribution in [0.5, 0.6) is 0 Å². The van der Waals surface area contributed by atoms with Crippen LogP contribution in [-0.4, -0.2) is 10.5 Å². The van der Waals surface area contributed by atoms with Crippen molar-refractivity contribution >= 4 is 27.5 Å². The summed E-state index contributed by atoms with van der Waals surface area (Å²) in [6, 6.07) is 4.94. The number of hydrogen-bond donors (Lipinski definition) is 0. The highest BCUT2D eigenvalue weighted by Crippen LogP contribution is 2.27. The first-order valence-corrected chi connectivity index (χ1v) is 7.49. The quantitative estimate of drug-likeness (QED) is 0.799. The second-order valence-corrected chi connectivity index (χ2v) is 5.96. The monoisotopic (exact) mass is 290 g/mol. The number of rotatable bonds is 3. The number of aromatic nitrogens is 1. The van der Waals surface area contributed by atoms with Gasteiger partial charge in [0.15, 0.2) is 4.80 Å². The van der Waals surface area contributed by atoms with Gasteiger partial charge >= 0.3 is 0 Å². The molecule has 1 aromatic heterocycles. The number of hydrogen-bond acceptors (Lipinski definition) is 2. The Kier molecular flexibility index (Phi) is 3.53. The molecular formula is C15H15FN2OS. The number of allylic oxidation sites excluding steroid dienone is 1. The Bertz CT molecular complexity index is 740. The van der Waals surface area contributed by atoms with E-state index >= 15 is 0 Å². The molecule has 0 unspecified atom stereocenters. The van der Waals surface area contributed by atoms with E-state index in [1.165, 1.54) is 17.4 Å². The van der Waals surface area contributed by atoms with Gasteiger partial charge in [-0.25, -0.2) is 4.39 Å². The largest absolute Gasteiger partial charge is 0.310 e. The van der Waals surface area contributed by atoms with Crippen molar-refractivity contribution in [1.82, 2.24) is 4.57 Å². The fourth-order valence-corrected chi connectivity index (χ4v) is 3.37. The fourth-order valence-electron chi connectivity index (χ4n) is 2.31. The molecule has 3 rings (SSSR count). The number of thiazole rings is 1. The van der Waals surface area contributed by atoms with E-state index in [2.05, 4.69) is 11.6 Å². The summed E-state index contributed by atoms with van der Waals surface area (Å²) in [5, 5.41) is 0. The number of nitrogens with zero attached hydrogens (tertiary/aromatic N) is 2. The molecule has 0 radical (unpaired) electrons. The number of fused-ring (bicyclic) bond motifs is 1. The molecule has 1 heterocycles. The summed E-state index contributed by atoms with van der Waals surface area (Å²) in [6.07, 6.45) is 4.62. The van der Waals surface area contributed by atoms with Crippen LogP contribution in [0.4, 0.5) is 4.39 Å². The van der Waals surface area contributed by atoms with Gasteiger partial charge in [0.1, 0.15) is 5.82 Å². The number of benzene rings is 1. The number of carbonyl (C=O) groups is 1. The Labute approximate surface area is 120 Å². The average Bonchev–Trinajstić information content (AvgIpc) is 2.67. The molecule has 1 aliphatic rings. The number of carbonyl (C=O) groups excluding carboxylic acids is 1. The molecule has 5 heteroatoms. The predicted molar refractivity (Wildman–Crippen MR) is 77.9 cm³/mol. The summed E-state index contributed by atoms with van der Waals surface area (Å²) >= 11 is 1.35. The maximum atomic E-state index is 14.0. The molecule has 1 saturated carbocycles. The van der Waals surface area contributed by atoms with Gasteiger partial charge in [-0.05, 0) is 25.0 Å². The van der Waals surface area contributed by atoms with E-state index in [1.54, 1.807) is 16.7 Å². The zero-order valence-electron chi connectivity index (χ0n) is 11.0. The minimum Gasteiger partial charge on any atom is -0.310 e. The van der Waals surface area contributed by atoms with E-state index in [4.69, 9.17) is 0 Å². The third-order valence-electron chi connectivity index (χ3n) is 3.62. The summed E-state index contributed by atoms with van der Waals surface area (Å²) in [5.41, 5.74) is 0.498. The molecule has 0 aliphatic heterocycles. The van der Waals surface area contributed by atoms with Crippen LogP contribution in [0.2, 0.25) is 0 Å². The van der Waals surface area contributed by atoms with E-state index in [1.807, 2.05) is 6.07 Å². The maximum Gasteiger partial charge on any atom is 0.251 e. The molecule has 0 N–H and O–H groups in total. The van der Waals surface area contributed by atoms with Crippen molar-refractivity contribution in [3.63, 3.8) is 0 Å². The Balaban J connectivity index is 2.16. The summed E-state index contributed by atoms with van der Waals surface area (Å²) in [7, 11) is 0. The Morgan fingerprint density at radius 1 is 1.55 bits per heavy atom. The van der Waals surface area contributed by atoms with Crippen molar-refractivity contribution in [1.29, 1.82) is 0 Å². The predicted octanol–water partition coefficient (Wildman–Crippen LogP) is 3.26. The molecule has 0 saturated heterocycles. The highest BCUT2D eigenvalue weighted by molar-refractivity contribution is 7.16. The van der Waals surface area contributed by atoms with Gasteiger partial charge in [-0.15, -0.1) is 6.58 Å². The Morgan fingerprint density at radius 3 is 3.00 bits per heavy atom. The maximum absolute atomic E-state index is 14.0. The highest BCUT2D eigenvalue weighted by atomic mass is 32.1. The second-order valence-electron chi connectivity index (χ2n) is 4.95. The van der Waals surface area contributed by atoms with Crippen LogP contribution in [-0.2, 0) is 11.3 Å². The van der Waals surface area contributed by atoms with Gasteiger partial charge in [0, 0.05) is 12.5 Å². The summed E-state index contributed by atoms with van der Waals surface area (Å²) in [6.45, 7) is 4.13. The van der Waals surface area contributed by atoms with E-state index in [9.17, 15) is 9.18 Å². The lowest BCUT2D eigenvalue weighted by atomic mass is 9.85. The average molecular weight is 290 g/mol. The molecule has 1 fully saturated rings. The Morgan fingerprint density at radius 2 is 2.35 bits per heavy atom. The summed E-state index contributed by atoms with van der Waals surface area (Å²) in [5.74, 6) is -0.318. The third-order valence-corrected chi connectivity index (χ3v) is 4.67. The second kappa shape index (κ2) is 5.32. The van der Waals surface area contributed by atoms with Crippen LogP contribution in [0, 0.1) is 11.7 Å². The van der Waals surface area contributed by atoms with E-state index in [0.717, 1.165) is 24.0 Å². The van der Waals surface area contributed by atoms with Gasteiger partial charge in [-0.3, -0.25) is 4.79 Å². The first kappa shape index (κ1) is 13.2. The van der Waals surface area contributed by atoms with Gasteiger partial charge in [-0.1, -0.05) is 29.9 Å². The van der Waals surface area contributed by atoms with Gasteiger partial charge in [0.05, 0.1) is 10.2 Å². The topological polar surface area (TPSA) is 34.4 Å². The van der Waals surface area contributed by atoms with Gasteiger partial charge < -0.3 is 4.57 Å². The molecule has 3 nitrogen and oxygen atoms in total. The summed E-state index contributed by atoms with van der Waals surface area (Å²) in [4.78, 5) is 16.8. The molecule has 1 aliphatic carbocycles. The molecular weight excluding hydrogens is 275 g/mol. The van der Waals surface area contributed by atoms with Crippen molar-refractivity contribution in [2.24, 2.45) is 10.9 Å². The smallest absolute Gasteiger partial charge is 0.251 e. The van der Waals surface area contributed by atoms with Crippen LogP contribution in [0.15, 0.2) is 35.8 Å². The number of halogens is 1. The van der Waals surface area contributed by atoms with E-state index in [-0.39, 0.29) is 17.6 Å². The first-order chi connectivity index (χ1) is 9.70. The van der Waals surface area contributed by atoms with Crippen LogP contribution in [0.1, 0.15) is 19.3 Å². The lowest BCUT2D eigenvalue weighted by Crippen LogP contribution is -2.24. The van der Waals surface area contributed by atoms with Crippen LogP contribution in [0.3, 0.4) is 0 Å². The van der Waals surface area contributed by atoms with Gasteiger partial charge in [-0.2, -0.15) is 4.99 Å². The fraction of sp³-hybridized carbons (Fsp3) is 0.333. The molecule has 0 bridgehead atoms. The first-order valence-electron chi connectivity index (χ1n) is 6.68. The van der Waals surface area contributed by atoms with E-state index in [0.29, 0.717) is 16.9 Å². The summed E-state index contributed by atoms with van der Waals surface area (Å²) < 4.78 is 16.5. The minimum atomic E-state index is -0.293. The lowest BCUT2D eigenvalue weighted by molar-refractivity contribution is -0.124. The van der Waals surface area contributed by atoms with Crippen molar-refractivity contribution in [2.75, 3.05) is 0 Å². The zero-order chi connectivity index (χ0) is 14.1. The molecule has 1 aromatic carbocycles. The SMILES string of the molecule is C=CCn1c(=NC(=O)C2CCC2)sc2cccc(F)c21. The van der Waals surface area contributed by atoms with Gasteiger partial charge in [0.25, 0.3) is 5.91 Å². The third kappa shape index (κ3) is 2.22. The van der Waals surface area contributed by atoms with Crippen molar-refractivity contribution in [2.45, 2.75) is 25.8 Å². The zero-order valence-corrected chi connectivity index (χ0v) is 11.8. The molecule has 20 heavy (non-hydrogen) atoms. The molecule has 2 aromatic rings. The highest BCUT2D eigenvalue weighted by Gasteiger charge is 2.25.